The molecule has 1 aromatic carbocycles. The minimum atomic E-state index is -0.847. The van der Waals surface area contributed by atoms with Crippen LogP contribution in [0, 0.1) is 6.92 Å². The first-order valence-corrected chi connectivity index (χ1v) is 6.18. The summed E-state index contributed by atoms with van der Waals surface area (Å²) < 4.78 is 0. The Morgan fingerprint density at radius 1 is 1.33 bits per heavy atom. The fraction of sp³-hybridized carbons (Fsp3) is 0.533. The second-order valence-corrected chi connectivity index (χ2v) is 6.00. The summed E-state index contributed by atoms with van der Waals surface area (Å²) in [6, 6.07) is 3.84. The minimum absolute atomic E-state index is 0.0284. The molecule has 100 valence electrons. The van der Waals surface area contributed by atoms with Crippen LogP contribution in [0.2, 0.25) is 0 Å². The van der Waals surface area contributed by atoms with Crippen LogP contribution in [0.25, 0.3) is 0 Å². The smallest absolute Gasteiger partial charge is 0.303 e. The van der Waals surface area contributed by atoms with E-state index in [2.05, 4.69) is 0 Å². The molecule has 3 nitrogen and oxygen atoms in total. The second-order valence-electron chi connectivity index (χ2n) is 6.00. The van der Waals surface area contributed by atoms with E-state index in [0.717, 1.165) is 16.7 Å². The van der Waals surface area contributed by atoms with Gasteiger partial charge < -0.3 is 10.2 Å². The number of benzene rings is 1. The molecule has 0 bridgehead atoms. The fourth-order valence-electron chi connectivity index (χ4n) is 2.13. The summed E-state index contributed by atoms with van der Waals surface area (Å²) in [5.74, 6) is -0.800. The number of phenols is 1. The SMILES string of the molecule is Cc1cc(C(C)CC(=O)O)c(O)c(C(C)(C)C)c1. The van der Waals surface area contributed by atoms with E-state index < -0.39 is 5.97 Å². The summed E-state index contributed by atoms with van der Waals surface area (Å²) in [5.41, 5.74) is 2.48. The molecule has 0 heterocycles. The Labute approximate surface area is 108 Å². The van der Waals surface area contributed by atoms with Crippen LogP contribution >= 0.6 is 0 Å². The van der Waals surface area contributed by atoms with Crippen molar-refractivity contribution >= 4 is 5.97 Å². The maximum absolute atomic E-state index is 10.8. The number of carboxylic acids is 1. The summed E-state index contributed by atoms with van der Waals surface area (Å²) in [6.07, 6.45) is 0.0284. The lowest BCUT2D eigenvalue weighted by atomic mass is 9.82. The van der Waals surface area contributed by atoms with Crippen LogP contribution in [0.3, 0.4) is 0 Å². The summed E-state index contributed by atoms with van der Waals surface area (Å²) in [7, 11) is 0. The van der Waals surface area contributed by atoms with Gasteiger partial charge in [-0.1, -0.05) is 45.4 Å². The first kappa shape index (κ1) is 14.6. The summed E-state index contributed by atoms with van der Waals surface area (Å²) >= 11 is 0. The van der Waals surface area contributed by atoms with Crippen molar-refractivity contribution < 1.29 is 15.0 Å². The first-order valence-electron chi connectivity index (χ1n) is 6.18. The van der Waals surface area contributed by atoms with Gasteiger partial charge in [-0.2, -0.15) is 0 Å². The van der Waals surface area contributed by atoms with Gasteiger partial charge in [0, 0.05) is 0 Å². The third-order valence-corrected chi connectivity index (χ3v) is 3.10. The summed E-state index contributed by atoms with van der Waals surface area (Å²) in [6.45, 7) is 9.90. The van der Waals surface area contributed by atoms with E-state index in [1.165, 1.54) is 0 Å². The van der Waals surface area contributed by atoms with Crippen LogP contribution in [-0.4, -0.2) is 16.2 Å². The molecule has 0 fully saturated rings. The second kappa shape index (κ2) is 5.01. The van der Waals surface area contributed by atoms with Gasteiger partial charge in [-0.15, -0.1) is 0 Å². The lowest BCUT2D eigenvalue weighted by molar-refractivity contribution is -0.137. The van der Waals surface area contributed by atoms with Gasteiger partial charge in [0.1, 0.15) is 5.75 Å². The van der Waals surface area contributed by atoms with Crippen molar-refractivity contribution in [2.75, 3.05) is 0 Å². The quantitative estimate of drug-likeness (QED) is 0.862. The number of rotatable bonds is 3. The van der Waals surface area contributed by atoms with Crippen LogP contribution < -0.4 is 0 Å². The van der Waals surface area contributed by atoms with E-state index in [1.54, 1.807) is 0 Å². The van der Waals surface area contributed by atoms with Crippen LogP contribution in [-0.2, 0) is 10.2 Å². The van der Waals surface area contributed by atoms with Crippen LogP contribution in [0.1, 0.15) is 56.7 Å². The molecular weight excluding hydrogens is 228 g/mol. The molecule has 0 aliphatic heterocycles. The van der Waals surface area contributed by atoms with Crippen molar-refractivity contribution in [1.29, 1.82) is 0 Å². The van der Waals surface area contributed by atoms with E-state index >= 15 is 0 Å². The number of hydrogen-bond acceptors (Lipinski definition) is 2. The topological polar surface area (TPSA) is 57.5 Å². The molecule has 1 rings (SSSR count). The molecule has 3 heteroatoms. The number of carboxylic acid groups (broad SMARTS) is 1. The lowest BCUT2D eigenvalue weighted by Crippen LogP contribution is -2.13. The van der Waals surface area contributed by atoms with Gasteiger partial charge in [0.25, 0.3) is 0 Å². The lowest BCUT2D eigenvalue weighted by Gasteiger charge is -2.24. The number of aliphatic carboxylic acids is 1. The molecule has 0 spiro atoms. The normalized spacial score (nSPS) is 13.4. The van der Waals surface area contributed by atoms with Crippen molar-refractivity contribution in [3.05, 3.63) is 28.8 Å². The molecule has 0 saturated carbocycles. The van der Waals surface area contributed by atoms with Gasteiger partial charge >= 0.3 is 5.97 Å². The average molecular weight is 250 g/mol. The first-order chi connectivity index (χ1) is 8.12. The molecule has 2 N–H and O–H groups in total. The van der Waals surface area contributed by atoms with E-state index in [1.807, 2.05) is 46.8 Å². The highest BCUT2D eigenvalue weighted by atomic mass is 16.4. The molecule has 0 radical (unpaired) electrons. The van der Waals surface area contributed by atoms with E-state index in [9.17, 15) is 9.90 Å². The maximum Gasteiger partial charge on any atom is 0.303 e. The predicted molar refractivity (Wildman–Crippen MR) is 72.2 cm³/mol. The third kappa shape index (κ3) is 3.25. The van der Waals surface area contributed by atoms with Crippen molar-refractivity contribution in [3.8, 4) is 5.75 Å². The highest BCUT2D eigenvalue weighted by molar-refractivity contribution is 5.68. The Morgan fingerprint density at radius 3 is 2.33 bits per heavy atom. The summed E-state index contributed by atoms with van der Waals surface area (Å²) in [4.78, 5) is 10.8. The number of aromatic hydroxyl groups is 1. The highest BCUT2D eigenvalue weighted by Crippen LogP contribution is 2.38. The minimum Gasteiger partial charge on any atom is -0.507 e. The molecule has 1 aromatic rings. The average Bonchev–Trinajstić information content (AvgIpc) is 2.18. The van der Waals surface area contributed by atoms with E-state index in [4.69, 9.17) is 5.11 Å². The van der Waals surface area contributed by atoms with Gasteiger partial charge in [-0.25, -0.2) is 0 Å². The Morgan fingerprint density at radius 2 is 1.89 bits per heavy atom. The van der Waals surface area contributed by atoms with Gasteiger partial charge in [0.05, 0.1) is 6.42 Å². The zero-order chi connectivity index (χ0) is 14.1. The molecule has 0 amide bonds. The van der Waals surface area contributed by atoms with Crippen LogP contribution in [0.15, 0.2) is 12.1 Å². The van der Waals surface area contributed by atoms with E-state index in [-0.39, 0.29) is 23.5 Å². The Bertz CT molecular complexity index is 456. The van der Waals surface area contributed by atoms with Crippen molar-refractivity contribution in [2.24, 2.45) is 0 Å². The Hall–Kier alpha value is -1.51. The van der Waals surface area contributed by atoms with Gasteiger partial charge in [0.15, 0.2) is 0 Å². The standard InChI is InChI=1S/C15H22O3/c1-9-6-11(10(2)8-13(16)17)14(18)12(7-9)15(3,4)5/h6-7,10,18H,8H2,1-5H3,(H,16,17). The predicted octanol–water partition coefficient (Wildman–Crippen LogP) is 3.58. The maximum atomic E-state index is 10.8. The molecule has 18 heavy (non-hydrogen) atoms. The molecule has 1 atom stereocenters. The zero-order valence-corrected chi connectivity index (χ0v) is 11.7. The zero-order valence-electron chi connectivity index (χ0n) is 11.7. The number of phenolic OH excluding ortho intramolecular Hbond substituents is 1. The van der Waals surface area contributed by atoms with Gasteiger partial charge in [-0.05, 0) is 29.4 Å². The van der Waals surface area contributed by atoms with Crippen LogP contribution in [0.4, 0.5) is 0 Å². The molecule has 0 aromatic heterocycles. The third-order valence-electron chi connectivity index (χ3n) is 3.10. The molecular formula is C15H22O3. The van der Waals surface area contributed by atoms with Crippen LogP contribution in [0.5, 0.6) is 5.75 Å². The fourth-order valence-corrected chi connectivity index (χ4v) is 2.13. The van der Waals surface area contributed by atoms with E-state index in [0.29, 0.717) is 0 Å². The molecule has 1 unspecified atom stereocenters. The summed E-state index contributed by atoms with van der Waals surface area (Å²) in [5, 5.41) is 19.2. The van der Waals surface area contributed by atoms with Gasteiger partial charge in [0.2, 0.25) is 0 Å². The Balaban J connectivity index is 3.29. The van der Waals surface area contributed by atoms with Crippen molar-refractivity contribution in [2.45, 2.75) is 52.4 Å². The monoisotopic (exact) mass is 250 g/mol. The van der Waals surface area contributed by atoms with Crippen molar-refractivity contribution in [3.63, 3.8) is 0 Å². The Kier molecular flexibility index (Phi) is 4.05. The molecule has 0 saturated heterocycles. The highest BCUT2D eigenvalue weighted by Gasteiger charge is 2.23. The molecule has 0 aliphatic carbocycles. The number of aryl methyl sites for hydroxylation is 1. The van der Waals surface area contributed by atoms with Crippen molar-refractivity contribution in [1.82, 2.24) is 0 Å². The van der Waals surface area contributed by atoms with Gasteiger partial charge in [-0.3, -0.25) is 4.79 Å². The number of carbonyl (C=O) groups is 1. The largest absolute Gasteiger partial charge is 0.507 e. The number of hydrogen-bond donors (Lipinski definition) is 2. The molecule has 0 aliphatic rings.